The van der Waals surface area contributed by atoms with Gasteiger partial charge in [0.05, 0.1) is 11.8 Å². The highest BCUT2D eigenvalue weighted by Crippen LogP contribution is 2.27. The van der Waals surface area contributed by atoms with Crippen molar-refractivity contribution in [2.24, 2.45) is 0 Å². The third kappa shape index (κ3) is 5.79. The van der Waals surface area contributed by atoms with Crippen LogP contribution in [-0.4, -0.2) is 29.3 Å². The Labute approximate surface area is 153 Å². The fourth-order valence-corrected chi connectivity index (χ4v) is 3.50. The van der Waals surface area contributed by atoms with Crippen LogP contribution >= 0.6 is 11.8 Å². The van der Waals surface area contributed by atoms with Crippen molar-refractivity contribution >= 4 is 23.6 Å². The van der Waals surface area contributed by atoms with Gasteiger partial charge in [-0.05, 0) is 38.8 Å². The molecule has 2 rings (SSSR count). The van der Waals surface area contributed by atoms with Crippen molar-refractivity contribution in [1.29, 1.82) is 5.26 Å². The van der Waals surface area contributed by atoms with Gasteiger partial charge in [-0.1, -0.05) is 37.0 Å². The number of hydrogen-bond donors (Lipinski definition) is 1. The first-order valence-corrected chi connectivity index (χ1v) is 9.55. The predicted molar refractivity (Wildman–Crippen MR) is 97.0 cm³/mol. The smallest absolute Gasteiger partial charge is 0.317 e. The summed E-state index contributed by atoms with van der Waals surface area (Å²) in [5.74, 6) is -0.704. The van der Waals surface area contributed by atoms with Gasteiger partial charge in [-0.25, -0.2) is 0 Å². The third-order valence-corrected chi connectivity index (χ3v) is 5.32. The molecule has 1 atom stereocenters. The Kier molecular flexibility index (Phi) is 6.89. The third-order valence-electron chi connectivity index (χ3n) is 4.34. The van der Waals surface area contributed by atoms with Crippen molar-refractivity contribution in [3.8, 4) is 6.07 Å². The van der Waals surface area contributed by atoms with Crippen molar-refractivity contribution in [3.05, 3.63) is 29.8 Å². The van der Waals surface area contributed by atoms with Crippen molar-refractivity contribution in [2.75, 3.05) is 5.75 Å². The maximum Gasteiger partial charge on any atom is 0.317 e. The van der Waals surface area contributed by atoms with Crippen molar-refractivity contribution in [3.63, 3.8) is 0 Å². The van der Waals surface area contributed by atoms with E-state index in [1.54, 1.807) is 0 Å². The molecule has 1 saturated carbocycles. The van der Waals surface area contributed by atoms with E-state index >= 15 is 0 Å². The molecule has 0 bridgehead atoms. The van der Waals surface area contributed by atoms with E-state index < -0.39 is 23.5 Å². The first-order chi connectivity index (χ1) is 11.9. The second-order valence-electron chi connectivity index (χ2n) is 6.48. The predicted octanol–water partition coefficient (Wildman–Crippen LogP) is 3.36. The quantitative estimate of drug-likeness (QED) is 0.621. The van der Waals surface area contributed by atoms with Crippen LogP contribution < -0.4 is 5.32 Å². The molecule has 0 aromatic heterocycles. The lowest BCUT2D eigenvalue weighted by Gasteiger charge is -2.32. The fraction of sp³-hybridized carbons (Fsp3) is 0.526. The van der Waals surface area contributed by atoms with E-state index in [9.17, 15) is 14.9 Å². The Hall–Kier alpha value is -2.00. The van der Waals surface area contributed by atoms with Crippen LogP contribution in [0.3, 0.4) is 0 Å². The van der Waals surface area contributed by atoms with Gasteiger partial charge in [-0.2, -0.15) is 5.26 Å². The second-order valence-corrected chi connectivity index (χ2v) is 7.53. The zero-order valence-electron chi connectivity index (χ0n) is 14.7. The summed E-state index contributed by atoms with van der Waals surface area (Å²) in [4.78, 5) is 25.2. The highest BCUT2D eigenvalue weighted by molar-refractivity contribution is 8.00. The molecular weight excluding hydrogens is 336 g/mol. The molecule has 1 aliphatic rings. The molecule has 0 heterocycles. The van der Waals surface area contributed by atoms with Crippen LogP contribution in [0.2, 0.25) is 0 Å². The molecule has 134 valence electrons. The molecule has 0 radical (unpaired) electrons. The van der Waals surface area contributed by atoms with E-state index in [0.29, 0.717) is 12.8 Å². The summed E-state index contributed by atoms with van der Waals surface area (Å²) >= 11 is 1.37. The van der Waals surface area contributed by atoms with Crippen LogP contribution in [0.4, 0.5) is 0 Å². The average molecular weight is 360 g/mol. The normalized spacial score (nSPS) is 17.2. The Morgan fingerprint density at radius 2 is 1.92 bits per heavy atom. The van der Waals surface area contributed by atoms with Crippen molar-refractivity contribution in [2.45, 2.75) is 62.5 Å². The number of nitrogens with one attached hydrogen (secondary N) is 1. The first-order valence-electron chi connectivity index (χ1n) is 8.56. The summed E-state index contributed by atoms with van der Waals surface area (Å²) in [6, 6.07) is 10.1. The summed E-state index contributed by atoms with van der Waals surface area (Å²) in [7, 11) is 0. The highest BCUT2D eigenvalue weighted by Gasteiger charge is 2.35. The standard InChI is InChI=1S/C19H24N2O3S/c1-14-6-8-16(9-7-14)25-12-17(22)24-15(2)18(23)21-19(13-20)10-4-3-5-11-19/h6-9,15H,3-5,10-12H2,1-2H3,(H,21,23)/t15-/m0/s1. The monoisotopic (exact) mass is 360 g/mol. The number of thioether (sulfide) groups is 1. The Morgan fingerprint density at radius 3 is 2.52 bits per heavy atom. The summed E-state index contributed by atoms with van der Waals surface area (Å²) in [6.45, 7) is 3.54. The molecule has 1 aliphatic carbocycles. The molecule has 1 fully saturated rings. The Morgan fingerprint density at radius 1 is 1.28 bits per heavy atom. The van der Waals surface area contributed by atoms with Gasteiger partial charge >= 0.3 is 5.97 Å². The van der Waals surface area contributed by atoms with Gasteiger partial charge in [-0.15, -0.1) is 11.8 Å². The van der Waals surface area contributed by atoms with Crippen LogP contribution in [0, 0.1) is 18.3 Å². The molecule has 0 saturated heterocycles. The largest absolute Gasteiger partial charge is 0.452 e. The molecule has 1 aromatic carbocycles. The van der Waals surface area contributed by atoms with Crippen LogP contribution in [-0.2, 0) is 14.3 Å². The summed E-state index contributed by atoms with van der Waals surface area (Å²) in [6.07, 6.45) is 3.33. The molecule has 0 unspecified atom stereocenters. The number of rotatable bonds is 6. The van der Waals surface area contributed by atoms with E-state index in [1.165, 1.54) is 18.7 Å². The number of ether oxygens (including phenoxy) is 1. The number of carbonyl (C=O) groups excluding carboxylic acids is 2. The number of esters is 1. The summed E-state index contributed by atoms with van der Waals surface area (Å²) in [5.41, 5.74) is 0.346. The number of benzene rings is 1. The van der Waals surface area contributed by atoms with E-state index in [0.717, 1.165) is 29.7 Å². The van der Waals surface area contributed by atoms with Gasteiger partial charge in [0.15, 0.2) is 6.10 Å². The Bertz CT molecular complexity index is 646. The molecule has 0 spiro atoms. The van der Waals surface area contributed by atoms with E-state index in [-0.39, 0.29) is 5.75 Å². The number of nitriles is 1. The molecule has 5 nitrogen and oxygen atoms in total. The van der Waals surface area contributed by atoms with E-state index in [4.69, 9.17) is 4.74 Å². The molecule has 1 N–H and O–H groups in total. The highest BCUT2D eigenvalue weighted by atomic mass is 32.2. The molecular formula is C19H24N2O3S. The number of aryl methyl sites for hydroxylation is 1. The lowest BCUT2D eigenvalue weighted by Crippen LogP contribution is -2.52. The van der Waals surface area contributed by atoms with Gasteiger partial charge < -0.3 is 10.1 Å². The van der Waals surface area contributed by atoms with Crippen LogP contribution in [0.15, 0.2) is 29.2 Å². The van der Waals surface area contributed by atoms with Crippen molar-refractivity contribution in [1.82, 2.24) is 5.32 Å². The van der Waals surface area contributed by atoms with Crippen LogP contribution in [0.5, 0.6) is 0 Å². The van der Waals surface area contributed by atoms with Gasteiger partial charge in [0.1, 0.15) is 5.54 Å². The molecule has 1 amide bonds. The zero-order valence-corrected chi connectivity index (χ0v) is 15.5. The maximum absolute atomic E-state index is 12.3. The van der Waals surface area contributed by atoms with Gasteiger partial charge in [0, 0.05) is 4.90 Å². The summed E-state index contributed by atoms with van der Waals surface area (Å²) in [5, 5.41) is 12.2. The SMILES string of the molecule is Cc1ccc(SCC(=O)O[C@@H](C)C(=O)NC2(C#N)CCCCC2)cc1. The minimum atomic E-state index is -0.904. The van der Waals surface area contributed by atoms with Gasteiger partial charge in [-0.3, -0.25) is 9.59 Å². The van der Waals surface area contributed by atoms with E-state index in [1.807, 2.05) is 31.2 Å². The molecule has 1 aromatic rings. The van der Waals surface area contributed by atoms with E-state index in [2.05, 4.69) is 11.4 Å². The lowest BCUT2D eigenvalue weighted by atomic mass is 9.83. The average Bonchev–Trinajstić information content (AvgIpc) is 2.62. The minimum absolute atomic E-state index is 0.143. The molecule has 0 aliphatic heterocycles. The van der Waals surface area contributed by atoms with Crippen LogP contribution in [0.25, 0.3) is 0 Å². The fourth-order valence-electron chi connectivity index (χ4n) is 2.82. The number of nitrogens with zero attached hydrogens (tertiary/aromatic N) is 1. The van der Waals surface area contributed by atoms with Gasteiger partial charge in [0.2, 0.25) is 0 Å². The summed E-state index contributed by atoms with van der Waals surface area (Å²) < 4.78 is 5.21. The second kappa shape index (κ2) is 8.91. The minimum Gasteiger partial charge on any atom is -0.452 e. The number of carbonyl (C=O) groups is 2. The maximum atomic E-state index is 12.3. The lowest BCUT2D eigenvalue weighted by molar-refractivity contribution is -0.152. The number of amides is 1. The van der Waals surface area contributed by atoms with Crippen molar-refractivity contribution < 1.29 is 14.3 Å². The molecule has 6 heteroatoms. The topological polar surface area (TPSA) is 79.2 Å². The Balaban J connectivity index is 1.80. The van der Waals surface area contributed by atoms with Crippen LogP contribution in [0.1, 0.15) is 44.6 Å². The first kappa shape index (κ1) is 19.3. The van der Waals surface area contributed by atoms with Gasteiger partial charge in [0.25, 0.3) is 5.91 Å². The molecule has 25 heavy (non-hydrogen) atoms. The zero-order chi connectivity index (χ0) is 18.3. The number of hydrogen-bond acceptors (Lipinski definition) is 5.